The second-order valence-corrected chi connectivity index (χ2v) is 8.95. The van der Waals surface area contributed by atoms with Gasteiger partial charge in [0.1, 0.15) is 18.1 Å². The first kappa shape index (κ1) is 29.8. The lowest BCUT2D eigenvalue weighted by Gasteiger charge is -2.23. The highest BCUT2D eigenvalue weighted by Crippen LogP contribution is 2.07. The minimum atomic E-state index is -1.24. The van der Waals surface area contributed by atoms with Crippen molar-refractivity contribution in [2.24, 2.45) is 11.7 Å². The molecule has 14 heteroatoms. The minimum absolute atomic E-state index is 0.00435. The molecule has 1 aliphatic heterocycles. The smallest absolute Gasteiger partial charge is 0.326 e. The number of hydrogen-bond donors (Lipinski definition) is 8. The second kappa shape index (κ2) is 14.2. The summed E-state index contributed by atoms with van der Waals surface area (Å²) in [5.41, 5.74) is 5.14. The summed E-state index contributed by atoms with van der Waals surface area (Å²) in [6.45, 7) is 4.75. The topological polar surface area (TPSA) is 229 Å². The van der Waals surface area contributed by atoms with Crippen LogP contribution in [-0.2, 0) is 28.8 Å². The molecule has 14 nitrogen and oxygen atoms in total. The number of primary amides is 1. The van der Waals surface area contributed by atoms with Crippen LogP contribution in [0.4, 0.5) is 0 Å². The Hall–Kier alpha value is -3.26. The van der Waals surface area contributed by atoms with Crippen molar-refractivity contribution in [3.63, 3.8) is 0 Å². The van der Waals surface area contributed by atoms with E-state index in [-0.39, 0.29) is 38.1 Å². The van der Waals surface area contributed by atoms with Crippen molar-refractivity contribution in [2.75, 3.05) is 13.1 Å². The summed E-state index contributed by atoms with van der Waals surface area (Å²) in [5, 5.41) is 31.1. The highest BCUT2D eigenvalue weighted by Gasteiger charge is 2.30. The molecule has 0 aromatic carbocycles. The fraction of sp³-hybridized carbons (Fsp3) is 0.714. The lowest BCUT2D eigenvalue weighted by atomic mass is 10.0. The maximum atomic E-state index is 12.7. The molecule has 0 saturated carbocycles. The molecule has 5 atom stereocenters. The van der Waals surface area contributed by atoms with Gasteiger partial charge in [-0.15, -0.1) is 0 Å². The number of amides is 5. The normalized spacial score (nSPS) is 19.8. The van der Waals surface area contributed by atoms with Crippen molar-refractivity contribution < 1.29 is 39.0 Å². The van der Waals surface area contributed by atoms with E-state index in [2.05, 4.69) is 26.6 Å². The van der Waals surface area contributed by atoms with Crippen LogP contribution >= 0.6 is 0 Å². The first-order valence-electron chi connectivity index (χ1n) is 11.4. The molecular weight excluding hydrogens is 464 g/mol. The summed E-state index contributed by atoms with van der Waals surface area (Å²) in [4.78, 5) is 72.0. The largest absolute Gasteiger partial charge is 0.480 e. The Morgan fingerprint density at radius 2 is 1.66 bits per heavy atom. The number of carboxylic acids is 1. The number of aliphatic carboxylic acids is 1. The quantitative estimate of drug-likeness (QED) is 0.119. The van der Waals surface area contributed by atoms with Gasteiger partial charge in [0.05, 0.1) is 18.7 Å². The molecule has 0 aromatic heterocycles. The summed E-state index contributed by atoms with van der Waals surface area (Å²) in [6, 6.07) is -4.15. The molecule has 1 aliphatic rings. The Morgan fingerprint density at radius 3 is 2.17 bits per heavy atom. The molecule has 9 N–H and O–H groups in total. The van der Waals surface area contributed by atoms with E-state index >= 15 is 0 Å². The van der Waals surface area contributed by atoms with E-state index in [1.807, 2.05) is 0 Å². The van der Waals surface area contributed by atoms with Crippen molar-refractivity contribution >= 4 is 35.5 Å². The number of rotatable bonds is 14. The van der Waals surface area contributed by atoms with Crippen LogP contribution in [0.3, 0.4) is 0 Å². The third-order valence-corrected chi connectivity index (χ3v) is 5.25. The number of aliphatic hydroxyl groups excluding tert-OH is 1. The molecule has 1 heterocycles. The fourth-order valence-electron chi connectivity index (χ4n) is 3.38. The number of nitrogens with two attached hydrogens (primary N) is 1. The zero-order valence-corrected chi connectivity index (χ0v) is 20.1. The highest BCUT2D eigenvalue weighted by molar-refractivity contribution is 5.94. The average Bonchev–Trinajstić information content (AvgIpc) is 3.20. The van der Waals surface area contributed by atoms with Gasteiger partial charge in [0.25, 0.3) is 0 Å². The van der Waals surface area contributed by atoms with Crippen LogP contribution in [0.1, 0.15) is 46.5 Å². The predicted molar refractivity (Wildman–Crippen MR) is 122 cm³/mol. The molecule has 198 valence electrons. The van der Waals surface area contributed by atoms with Crippen molar-refractivity contribution in [2.45, 2.75) is 76.7 Å². The molecule has 1 saturated heterocycles. The van der Waals surface area contributed by atoms with Gasteiger partial charge in [-0.1, -0.05) is 13.8 Å². The van der Waals surface area contributed by atoms with Gasteiger partial charge in [-0.05, 0) is 32.1 Å². The first-order valence-corrected chi connectivity index (χ1v) is 11.4. The third kappa shape index (κ3) is 11.1. The number of β-amino-alcohol motifs (C(OH)–C–C–N with tert-alkyl or cyclic N) is 1. The molecule has 35 heavy (non-hydrogen) atoms. The van der Waals surface area contributed by atoms with Crippen LogP contribution in [0.25, 0.3) is 0 Å². The van der Waals surface area contributed by atoms with E-state index < -0.39 is 72.3 Å². The second-order valence-electron chi connectivity index (χ2n) is 8.95. The molecule has 0 unspecified atom stereocenters. The summed E-state index contributed by atoms with van der Waals surface area (Å²) in [7, 11) is 0. The maximum Gasteiger partial charge on any atom is 0.326 e. The molecule has 0 spiro atoms. The van der Waals surface area contributed by atoms with Crippen LogP contribution in [0.2, 0.25) is 0 Å². The van der Waals surface area contributed by atoms with E-state index in [0.29, 0.717) is 0 Å². The van der Waals surface area contributed by atoms with Crippen LogP contribution in [0, 0.1) is 5.92 Å². The summed E-state index contributed by atoms with van der Waals surface area (Å²) < 4.78 is 0. The summed E-state index contributed by atoms with van der Waals surface area (Å²) in [5.74, 6) is -4.64. The molecule has 0 aromatic rings. The summed E-state index contributed by atoms with van der Waals surface area (Å²) in [6.07, 6.45) is -0.643. The molecule has 5 amide bonds. The predicted octanol–water partition coefficient (Wildman–Crippen LogP) is -3.30. The Bertz CT molecular complexity index is 805. The highest BCUT2D eigenvalue weighted by atomic mass is 16.4. The van der Waals surface area contributed by atoms with Gasteiger partial charge in [-0.2, -0.15) is 0 Å². The van der Waals surface area contributed by atoms with E-state index in [4.69, 9.17) is 5.73 Å². The molecule has 1 rings (SSSR count). The molecule has 1 fully saturated rings. The lowest BCUT2D eigenvalue weighted by molar-refractivity contribution is -0.142. The van der Waals surface area contributed by atoms with Crippen molar-refractivity contribution in [1.82, 2.24) is 26.6 Å². The number of aliphatic hydroxyl groups is 1. The van der Waals surface area contributed by atoms with Crippen LogP contribution in [0.15, 0.2) is 0 Å². The van der Waals surface area contributed by atoms with E-state index in [9.17, 15) is 39.0 Å². The van der Waals surface area contributed by atoms with Gasteiger partial charge in [0.2, 0.25) is 29.5 Å². The third-order valence-electron chi connectivity index (χ3n) is 5.25. The Labute approximate surface area is 203 Å². The van der Waals surface area contributed by atoms with Crippen molar-refractivity contribution in [1.29, 1.82) is 0 Å². The van der Waals surface area contributed by atoms with Gasteiger partial charge in [0.15, 0.2) is 0 Å². The molecule has 0 bridgehead atoms. The maximum absolute atomic E-state index is 12.7. The van der Waals surface area contributed by atoms with Gasteiger partial charge >= 0.3 is 5.97 Å². The SMILES string of the molecule is CC(C)C[C@H](NC(=O)[C@H](C)NC(=O)[C@H](CCC(N)=O)NC(=O)CNC(=O)[C@@H]1C[C@@H](O)CN1)C(=O)O. The number of nitrogens with one attached hydrogen (secondary N) is 5. The zero-order chi connectivity index (χ0) is 26.7. The Morgan fingerprint density at radius 1 is 1.00 bits per heavy atom. The number of carboxylic acid groups (broad SMARTS) is 1. The Balaban J connectivity index is 2.68. The minimum Gasteiger partial charge on any atom is -0.480 e. The van der Waals surface area contributed by atoms with E-state index in [1.54, 1.807) is 13.8 Å². The molecule has 0 radical (unpaired) electrons. The van der Waals surface area contributed by atoms with Crippen LogP contribution < -0.4 is 32.3 Å². The van der Waals surface area contributed by atoms with E-state index in [1.165, 1.54) is 6.92 Å². The number of hydrogen-bond acceptors (Lipinski definition) is 8. The van der Waals surface area contributed by atoms with Gasteiger partial charge in [-0.3, -0.25) is 24.0 Å². The van der Waals surface area contributed by atoms with Gasteiger partial charge < -0.3 is 42.5 Å². The number of carbonyl (C=O) groups excluding carboxylic acids is 5. The summed E-state index contributed by atoms with van der Waals surface area (Å²) >= 11 is 0. The standard InChI is InChI=1S/C21H36N6O8/c1-10(2)6-15(21(34)35)27-18(31)11(3)25-20(33)13(4-5-16(22)29)26-17(30)9-24-19(32)14-7-12(28)8-23-14/h10-15,23,28H,4-9H2,1-3H3,(H2,22,29)(H,24,32)(H,25,33)(H,26,30)(H,27,31)(H,34,35)/t11-,12+,13-,14-,15-/m0/s1. The average molecular weight is 501 g/mol. The molecule has 0 aliphatic carbocycles. The lowest BCUT2D eigenvalue weighted by Crippen LogP contribution is -2.56. The zero-order valence-electron chi connectivity index (χ0n) is 20.1. The van der Waals surface area contributed by atoms with Gasteiger partial charge in [-0.25, -0.2) is 4.79 Å². The molecular formula is C21H36N6O8. The van der Waals surface area contributed by atoms with Crippen LogP contribution in [-0.4, -0.2) is 89.1 Å². The van der Waals surface area contributed by atoms with Gasteiger partial charge in [0, 0.05) is 13.0 Å². The van der Waals surface area contributed by atoms with Crippen molar-refractivity contribution in [3.8, 4) is 0 Å². The fourth-order valence-corrected chi connectivity index (χ4v) is 3.38. The Kier molecular flexibility index (Phi) is 12.1. The van der Waals surface area contributed by atoms with Crippen molar-refractivity contribution in [3.05, 3.63) is 0 Å². The number of carbonyl (C=O) groups is 6. The first-order chi connectivity index (χ1) is 16.3. The van der Waals surface area contributed by atoms with Crippen LogP contribution in [0.5, 0.6) is 0 Å². The monoisotopic (exact) mass is 500 g/mol. The van der Waals surface area contributed by atoms with E-state index in [0.717, 1.165) is 0 Å².